The quantitative estimate of drug-likeness (QED) is 0.117. The lowest BCUT2D eigenvalue weighted by Crippen LogP contribution is -2.55. The predicted molar refractivity (Wildman–Crippen MR) is 227 cm³/mol. The predicted octanol–water partition coefficient (Wildman–Crippen LogP) is 6.77. The summed E-state index contributed by atoms with van der Waals surface area (Å²) in [5.74, 6) is 1.86. The summed E-state index contributed by atoms with van der Waals surface area (Å²) in [7, 11) is 4.06. The number of aromatic amines is 2. The van der Waals surface area contributed by atoms with Crippen molar-refractivity contribution in [3.63, 3.8) is 0 Å². The molecule has 5 heterocycles. The molecule has 16 nitrogen and oxygen atoms in total. The molecule has 3 aliphatic rings. The number of nitrogens with one attached hydrogen (secondary N) is 4. The van der Waals surface area contributed by atoms with Gasteiger partial charge in [-0.05, 0) is 91.3 Å². The van der Waals surface area contributed by atoms with Crippen LogP contribution in [0.1, 0.15) is 83.2 Å². The van der Waals surface area contributed by atoms with Crippen LogP contribution in [-0.2, 0) is 30.4 Å². The van der Waals surface area contributed by atoms with E-state index in [9.17, 15) is 19.2 Å². The molecule has 8 rings (SSSR count). The van der Waals surface area contributed by atoms with Crippen LogP contribution in [-0.4, -0.2) is 106 Å². The summed E-state index contributed by atoms with van der Waals surface area (Å²) in [6.07, 6.45) is 2.13. The van der Waals surface area contributed by atoms with Crippen LogP contribution in [0.25, 0.3) is 44.2 Å². The number of benzene rings is 3. The SMILES string of the molecule is COC(=O)N[C@H](C(=O)N1C[C@@H](C)C[C@H]1c1ncc(-c2ccc3c(c2)COc2cc4c(ccc5nc([C@@H]6CC[C@H](C)N6C(=O)[C@@H](NC(=O)OC)[C@@H](C)OC)[nH]c54)cc2-3)[nH]1)C(C)C. The number of nitrogens with zero attached hydrogens (tertiary/aromatic N) is 4. The number of methoxy groups -OCH3 is 3. The first-order valence-electron chi connectivity index (χ1n) is 20.9. The summed E-state index contributed by atoms with van der Waals surface area (Å²) in [5.41, 5.74) is 6.51. The number of alkyl carbamates (subject to hydrolysis) is 2. The summed E-state index contributed by atoms with van der Waals surface area (Å²) in [5, 5.41) is 7.35. The Morgan fingerprint density at radius 2 is 1.61 bits per heavy atom. The second-order valence-electron chi connectivity index (χ2n) is 16.9. The van der Waals surface area contributed by atoms with E-state index in [1.807, 2.05) is 37.9 Å². The first-order chi connectivity index (χ1) is 29.3. The number of carbonyl (C=O) groups is 4. The minimum Gasteiger partial charge on any atom is -0.488 e. The zero-order chi connectivity index (χ0) is 43.3. The molecule has 7 atom stereocenters. The summed E-state index contributed by atoms with van der Waals surface area (Å²) in [6.45, 7) is 10.6. The minimum absolute atomic E-state index is 0.0808. The number of hydrogen-bond donors (Lipinski definition) is 4. The number of rotatable bonds is 10. The fourth-order valence-corrected chi connectivity index (χ4v) is 9.20. The molecule has 16 heteroatoms. The van der Waals surface area contributed by atoms with Gasteiger partial charge in [0.05, 0.1) is 55.3 Å². The van der Waals surface area contributed by atoms with Crippen molar-refractivity contribution >= 4 is 45.8 Å². The molecule has 0 aliphatic carbocycles. The Labute approximate surface area is 354 Å². The molecule has 5 aromatic rings. The lowest BCUT2D eigenvalue weighted by atomic mass is 9.92. The molecule has 0 spiro atoms. The number of likely N-dealkylation sites (tertiary alicyclic amines) is 2. The van der Waals surface area contributed by atoms with E-state index in [2.05, 4.69) is 63.9 Å². The first-order valence-corrected chi connectivity index (χ1v) is 20.9. The van der Waals surface area contributed by atoms with Crippen molar-refractivity contribution < 1.29 is 38.1 Å². The molecular formula is C45H54N8O8. The van der Waals surface area contributed by atoms with Gasteiger partial charge in [0, 0.05) is 30.6 Å². The molecule has 0 unspecified atom stereocenters. The van der Waals surface area contributed by atoms with Gasteiger partial charge < -0.3 is 49.3 Å². The van der Waals surface area contributed by atoms with Gasteiger partial charge >= 0.3 is 12.2 Å². The molecule has 0 saturated carbocycles. The van der Waals surface area contributed by atoms with Crippen LogP contribution in [0.15, 0.2) is 48.7 Å². The van der Waals surface area contributed by atoms with E-state index in [0.29, 0.717) is 31.2 Å². The second-order valence-corrected chi connectivity index (χ2v) is 16.9. The van der Waals surface area contributed by atoms with E-state index in [1.165, 1.54) is 21.3 Å². The van der Waals surface area contributed by atoms with Crippen LogP contribution in [0.3, 0.4) is 0 Å². The van der Waals surface area contributed by atoms with Crippen molar-refractivity contribution in [1.82, 2.24) is 40.4 Å². The average Bonchev–Trinajstić information content (AvgIpc) is 4.08. The maximum atomic E-state index is 14.0. The molecule has 2 aromatic heterocycles. The molecule has 4 amide bonds. The van der Waals surface area contributed by atoms with Crippen LogP contribution in [0.2, 0.25) is 0 Å². The van der Waals surface area contributed by atoms with Gasteiger partial charge in [0.15, 0.2) is 0 Å². The number of H-pyrrole nitrogens is 2. The van der Waals surface area contributed by atoms with Crippen molar-refractivity contribution in [3.8, 4) is 28.1 Å². The monoisotopic (exact) mass is 834 g/mol. The van der Waals surface area contributed by atoms with E-state index in [4.69, 9.17) is 28.9 Å². The van der Waals surface area contributed by atoms with E-state index < -0.39 is 30.4 Å². The topological polar surface area (TPSA) is 193 Å². The standard InChI is InChI=1S/C45H54N8O8/c1-22(2)37(50-44(56)59-7)42(54)52-20-23(3)15-35(52)40-46-19-33(48-40)27-10-12-29-28(16-27)21-61-36-18-30-26(17-31(29)36)11-13-32-39(30)49-41(47-32)34-14-9-24(4)53(34)43(55)38(25(5)58-6)51-45(57)60-8/h10-13,16-19,22-25,34-35,37-38H,9,14-15,20-21H2,1-8H3,(H,46,48)(H,47,49)(H,50,56)(H,51,57)/t23-,24-,25+,34-,35-,37-,38-/m0/s1. The number of fused-ring (bicyclic) bond motifs is 6. The lowest BCUT2D eigenvalue weighted by Gasteiger charge is -2.33. The fourth-order valence-electron chi connectivity index (χ4n) is 9.20. The molecule has 0 radical (unpaired) electrons. The van der Waals surface area contributed by atoms with Gasteiger partial charge in [0.2, 0.25) is 11.8 Å². The highest BCUT2D eigenvalue weighted by atomic mass is 16.5. The maximum absolute atomic E-state index is 14.0. The average molecular weight is 835 g/mol. The molecule has 61 heavy (non-hydrogen) atoms. The Morgan fingerprint density at radius 3 is 2.33 bits per heavy atom. The van der Waals surface area contributed by atoms with E-state index in [1.54, 1.807) is 11.8 Å². The van der Waals surface area contributed by atoms with Crippen LogP contribution >= 0.6 is 0 Å². The van der Waals surface area contributed by atoms with E-state index >= 15 is 0 Å². The van der Waals surface area contributed by atoms with Crippen molar-refractivity contribution in [2.24, 2.45) is 11.8 Å². The van der Waals surface area contributed by atoms with Crippen molar-refractivity contribution in [3.05, 3.63) is 65.9 Å². The Balaban J connectivity index is 1.05. The van der Waals surface area contributed by atoms with Crippen molar-refractivity contribution in [2.45, 2.75) is 96.8 Å². The summed E-state index contributed by atoms with van der Waals surface area (Å²) < 4.78 is 21.5. The number of ether oxygens (including phenoxy) is 4. The molecule has 322 valence electrons. The van der Waals surface area contributed by atoms with Gasteiger partial charge in [-0.15, -0.1) is 0 Å². The zero-order valence-corrected chi connectivity index (χ0v) is 35.8. The summed E-state index contributed by atoms with van der Waals surface area (Å²) in [6, 6.07) is 12.2. The first kappa shape index (κ1) is 41.6. The lowest BCUT2D eigenvalue weighted by molar-refractivity contribution is -0.139. The van der Waals surface area contributed by atoms with Gasteiger partial charge in [0.25, 0.3) is 0 Å². The third-order valence-corrected chi connectivity index (χ3v) is 12.6. The Morgan fingerprint density at radius 1 is 0.852 bits per heavy atom. The number of hydrogen-bond acceptors (Lipinski definition) is 10. The smallest absolute Gasteiger partial charge is 0.407 e. The summed E-state index contributed by atoms with van der Waals surface area (Å²) in [4.78, 5) is 72.6. The third-order valence-electron chi connectivity index (χ3n) is 12.6. The highest BCUT2D eigenvalue weighted by Gasteiger charge is 2.43. The number of aromatic nitrogens is 4. The third kappa shape index (κ3) is 7.73. The molecule has 4 N–H and O–H groups in total. The van der Waals surface area contributed by atoms with E-state index in [-0.39, 0.29) is 41.8 Å². The molecule has 2 saturated heterocycles. The highest BCUT2D eigenvalue weighted by molar-refractivity contribution is 6.07. The van der Waals surface area contributed by atoms with E-state index in [0.717, 1.165) is 68.3 Å². The van der Waals surface area contributed by atoms with Gasteiger partial charge in [-0.1, -0.05) is 39.0 Å². The number of carbonyl (C=O) groups excluding carboxylic acids is 4. The van der Waals surface area contributed by atoms with Crippen LogP contribution in [0.5, 0.6) is 5.75 Å². The second kappa shape index (κ2) is 16.7. The van der Waals surface area contributed by atoms with Crippen LogP contribution in [0.4, 0.5) is 9.59 Å². The van der Waals surface area contributed by atoms with Gasteiger partial charge in [0.1, 0.15) is 36.1 Å². The maximum Gasteiger partial charge on any atom is 0.407 e. The van der Waals surface area contributed by atoms with Crippen molar-refractivity contribution in [2.75, 3.05) is 27.9 Å². The zero-order valence-electron chi connectivity index (χ0n) is 35.8. The Bertz CT molecular complexity index is 2500. The normalized spacial score (nSPS) is 21.1. The minimum atomic E-state index is -0.934. The molecule has 3 aliphatic heterocycles. The highest BCUT2D eigenvalue weighted by Crippen LogP contribution is 2.44. The number of imidazole rings is 2. The van der Waals surface area contributed by atoms with Crippen LogP contribution < -0.4 is 15.4 Å². The largest absolute Gasteiger partial charge is 0.488 e. The van der Waals surface area contributed by atoms with Gasteiger partial charge in [-0.2, -0.15) is 0 Å². The molecule has 0 bridgehead atoms. The molecule has 2 fully saturated rings. The molecule has 3 aromatic carbocycles. The van der Waals surface area contributed by atoms with Crippen molar-refractivity contribution in [1.29, 1.82) is 0 Å². The Hall–Kier alpha value is -6.16. The Kier molecular flexibility index (Phi) is 11.4. The van der Waals surface area contributed by atoms with Gasteiger partial charge in [-0.3, -0.25) is 9.59 Å². The van der Waals surface area contributed by atoms with Gasteiger partial charge in [-0.25, -0.2) is 19.6 Å². The van der Waals surface area contributed by atoms with Crippen LogP contribution in [0, 0.1) is 11.8 Å². The summed E-state index contributed by atoms with van der Waals surface area (Å²) >= 11 is 0. The fraction of sp³-hybridized carbons (Fsp3) is 0.467. The molecular weight excluding hydrogens is 781 g/mol. The number of amides is 4.